The number of aryl methyl sites for hydroxylation is 1. The van der Waals surface area contributed by atoms with Gasteiger partial charge in [0.05, 0.1) is 65.9 Å². The van der Waals surface area contributed by atoms with Gasteiger partial charge in [-0.2, -0.15) is 0 Å². The Balaban J connectivity index is 1.49. The number of likely N-dealkylation sites (N-methyl/N-ethyl adjacent to an activating group) is 1. The Morgan fingerprint density at radius 2 is 1.39 bits per heavy atom. The van der Waals surface area contributed by atoms with Crippen LogP contribution in [0.1, 0.15) is 30.6 Å². The summed E-state index contributed by atoms with van der Waals surface area (Å²) in [4.78, 5) is 23.6. The maximum absolute atomic E-state index is 11.3. The summed E-state index contributed by atoms with van der Waals surface area (Å²) in [7, 11) is 0. The fraction of sp³-hybridized carbons (Fsp3) is 0.548. The van der Waals surface area contributed by atoms with Gasteiger partial charge in [0, 0.05) is 18.8 Å². The molecule has 0 fully saturated rings. The smallest absolute Gasteiger partial charge is 0.309 e. The zero-order chi connectivity index (χ0) is 29.4. The molecule has 0 aliphatic rings. The Morgan fingerprint density at radius 1 is 0.780 bits per heavy atom. The molecule has 2 aromatic carbocycles. The Labute approximate surface area is 243 Å². The molecule has 0 bridgehead atoms. The van der Waals surface area contributed by atoms with E-state index in [0.29, 0.717) is 59.3 Å². The SMILES string of the molecule is CCN(CC(OCCOCCOCCOCCOCCOC(=O)CCOC=O)c1ccccc1)c1cccc(C)c1. The Hall–Kier alpha value is -3.02. The topological polar surface area (TPSA) is 102 Å². The van der Waals surface area contributed by atoms with Crippen LogP contribution < -0.4 is 4.90 Å². The van der Waals surface area contributed by atoms with Crippen molar-refractivity contribution < 1.29 is 42.7 Å². The van der Waals surface area contributed by atoms with Crippen molar-refractivity contribution in [2.75, 3.05) is 90.7 Å². The van der Waals surface area contributed by atoms with Gasteiger partial charge in [-0.15, -0.1) is 0 Å². The third kappa shape index (κ3) is 16.1. The quantitative estimate of drug-likeness (QED) is 0.0988. The van der Waals surface area contributed by atoms with Crippen LogP contribution >= 0.6 is 0 Å². The van der Waals surface area contributed by atoms with Crippen LogP contribution in [-0.2, 0) is 42.7 Å². The van der Waals surface area contributed by atoms with Crippen LogP contribution in [0.25, 0.3) is 0 Å². The molecular weight excluding hydrogens is 530 g/mol. The molecule has 1 unspecified atom stereocenters. The number of esters is 1. The molecule has 0 radical (unpaired) electrons. The van der Waals surface area contributed by atoms with Gasteiger partial charge in [-0.25, -0.2) is 0 Å². The molecule has 228 valence electrons. The number of hydrogen-bond acceptors (Lipinski definition) is 10. The predicted octanol–water partition coefficient (Wildman–Crippen LogP) is 3.75. The average Bonchev–Trinajstić information content (AvgIpc) is 2.99. The standard InChI is InChI=1S/C31H45NO9/c1-3-32(29-11-7-8-27(2)24-29)25-30(28-9-5-4-6-10-28)40-22-20-37-18-16-35-14-15-36-17-19-38-21-23-41-31(34)12-13-39-26-33/h4-11,24,26,30H,3,12-23,25H2,1-2H3. The van der Waals surface area contributed by atoms with Gasteiger partial charge in [0.2, 0.25) is 0 Å². The highest BCUT2D eigenvalue weighted by atomic mass is 16.6. The van der Waals surface area contributed by atoms with Gasteiger partial charge in [-0.05, 0) is 37.1 Å². The lowest BCUT2D eigenvalue weighted by Gasteiger charge is -2.29. The largest absolute Gasteiger partial charge is 0.467 e. The van der Waals surface area contributed by atoms with Crippen molar-refractivity contribution >= 4 is 18.1 Å². The van der Waals surface area contributed by atoms with Crippen LogP contribution in [0.3, 0.4) is 0 Å². The van der Waals surface area contributed by atoms with Crippen molar-refractivity contribution in [3.05, 3.63) is 65.7 Å². The zero-order valence-electron chi connectivity index (χ0n) is 24.4. The molecule has 0 N–H and O–H groups in total. The summed E-state index contributed by atoms with van der Waals surface area (Å²) in [5.74, 6) is -0.436. The lowest BCUT2D eigenvalue weighted by Crippen LogP contribution is -2.30. The minimum absolute atomic E-state index is 0.0161. The molecule has 10 nitrogen and oxygen atoms in total. The first-order chi connectivity index (χ1) is 20.1. The van der Waals surface area contributed by atoms with E-state index in [4.69, 9.17) is 28.4 Å². The van der Waals surface area contributed by atoms with Crippen molar-refractivity contribution in [2.45, 2.75) is 26.4 Å². The number of rotatable bonds is 25. The molecule has 0 aliphatic carbocycles. The lowest BCUT2D eigenvalue weighted by atomic mass is 10.1. The number of nitrogens with zero attached hydrogens (tertiary/aromatic N) is 1. The first-order valence-electron chi connectivity index (χ1n) is 14.1. The number of carbonyl (C=O) groups is 2. The van der Waals surface area contributed by atoms with Gasteiger partial charge in [0.15, 0.2) is 0 Å². The number of hydrogen-bond donors (Lipinski definition) is 0. The highest BCUT2D eigenvalue weighted by Crippen LogP contribution is 2.23. The van der Waals surface area contributed by atoms with Crippen LogP contribution in [0.4, 0.5) is 5.69 Å². The molecule has 0 saturated heterocycles. The molecule has 0 saturated carbocycles. The number of benzene rings is 2. The van der Waals surface area contributed by atoms with Gasteiger partial charge in [0.1, 0.15) is 19.3 Å². The Kier molecular flexibility index (Phi) is 18.9. The van der Waals surface area contributed by atoms with E-state index in [0.717, 1.165) is 18.7 Å². The number of anilines is 1. The highest BCUT2D eigenvalue weighted by Gasteiger charge is 2.17. The molecule has 2 rings (SSSR count). The van der Waals surface area contributed by atoms with E-state index >= 15 is 0 Å². The van der Waals surface area contributed by atoms with Gasteiger partial charge in [-0.3, -0.25) is 9.59 Å². The van der Waals surface area contributed by atoms with Gasteiger partial charge >= 0.3 is 5.97 Å². The summed E-state index contributed by atoms with van der Waals surface area (Å²) >= 11 is 0. The molecular formula is C31H45NO9. The van der Waals surface area contributed by atoms with E-state index in [9.17, 15) is 9.59 Å². The molecule has 41 heavy (non-hydrogen) atoms. The molecule has 0 aliphatic heterocycles. The molecule has 0 heterocycles. The maximum Gasteiger partial charge on any atom is 0.309 e. The van der Waals surface area contributed by atoms with E-state index < -0.39 is 5.97 Å². The van der Waals surface area contributed by atoms with Crippen LogP contribution in [-0.4, -0.2) is 98.2 Å². The zero-order valence-corrected chi connectivity index (χ0v) is 24.4. The van der Waals surface area contributed by atoms with Crippen molar-refractivity contribution in [1.29, 1.82) is 0 Å². The Bertz CT molecular complexity index is 944. The van der Waals surface area contributed by atoms with Gasteiger partial charge in [-0.1, -0.05) is 42.5 Å². The summed E-state index contributed by atoms with van der Waals surface area (Å²) in [5, 5.41) is 0. The maximum atomic E-state index is 11.3. The summed E-state index contributed by atoms with van der Waals surface area (Å²) in [6, 6.07) is 18.8. The van der Waals surface area contributed by atoms with E-state index in [1.54, 1.807) is 0 Å². The van der Waals surface area contributed by atoms with Crippen molar-refractivity contribution in [2.24, 2.45) is 0 Å². The first-order valence-corrected chi connectivity index (χ1v) is 14.1. The second kappa shape index (κ2) is 22.6. The van der Waals surface area contributed by atoms with Crippen LogP contribution in [0.15, 0.2) is 54.6 Å². The van der Waals surface area contributed by atoms with Crippen LogP contribution in [0.2, 0.25) is 0 Å². The van der Waals surface area contributed by atoms with E-state index in [1.807, 2.05) is 18.2 Å². The fourth-order valence-corrected chi connectivity index (χ4v) is 3.85. The van der Waals surface area contributed by atoms with E-state index in [2.05, 4.69) is 59.9 Å². The predicted molar refractivity (Wildman–Crippen MR) is 155 cm³/mol. The third-order valence-corrected chi connectivity index (χ3v) is 5.95. The molecule has 10 heteroatoms. The lowest BCUT2D eigenvalue weighted by molar-refractivity contribution is -0.147. The molecule has 0 spiro atoms. The molecule has 2 aromatic rings. The molecule has 1 atom stereocenters. The third-order valence-electron chi connectivity index (χ3n) is 5.95. The average molecular weight is 576 g/mol. The first kappa shape index (κ1) is 34.2. The van der Waals surface area contributed by atoms with E-state index in [-0.39, 0.29) is 32.3 Å². The number of ether oxygens (including phenoxy) is 7. The second-order valence-electron chi connectivity index (χ2n) is 9.03. The molecule has 0 amide bonds. The molecule has 0 aromatic heterocycles. The minimum atomic E-state index is -0.436. The Morgan fingerprint density at radius 3 is 1.98 bits per heavy atom. The monoisotopic (exact) mass is 575 g/mol. The summed E-state index contributed by atoms with van der Waals surface area (Å²) < 4.78 is 37.6. The van der Waals surface area contributed by atoms with Crippen LogP contribution in [0.5, 0.6) is 0 Å². The summed E-state index contributed by atoms with van der Waals surface area (Å²) in [6.07, 6.45) is -0.0376. The van der Waals surface area contributed by atoms with Crippen molar-refractivity contribution in [3.8, 4) is 0 Å². The van der Waals surface area contributed by atoms with Gasteiger partial charge in [0.25, 0.3) is 6.47 Å². The summed E-state index contributed by atoms with van der Waals surface area (Å²) in [6.45, 7) is 10.3. The minimum Gasteiger partial charge on any atom is -0.467 e. The van der Waals surface area contributed by atoms with E-state index in [1.165, 1.54) is 11.3 Å². The fourth-order valence-electron chi connectivity index (χ4n) is 3.85. The highest BCUT2D eigenvalue weighted by molar-refractivity contribution is 5.69. The number of carbonyl (C=O) groups excluding carboxylic acids is 2. The normalized spacial score (nSPS) is 11.7. The second-order valence-corrected chi connectivity index (χ2v) is 9.03. The van der Waals surface area contributed by atoms with Gasteiger partial charge < -0.3 is 38.1 Å². The van der Waals surface area contributed by atoms with Crippen molar-refractivity contribution in [3.63, 3.8) is 0 Å². The van der Waals surface area contributed by atoms with Crippen molar-refractivity contribution in [1.82, 2.24) is 0 Å². The van der Waals surface area contributed by atoms with Crippen LogP contribution in [0, 0.1) is 6.92 Å². The summed E-state index contributed by atoms with van der Waals surface area (Å²) in [5.41, 5.74) is 3.58.